The third kappa shape index (κ3) is 5.08. The largest absolute Gasteiger partial charge is 0.491 e. The fraction of sp³-hybridized carbons (Fsp3) is 0.500. The van der Waals surface area contributed by atoms with Crippen LogP contribution in [0.1, 0.15) is 64.4 Å². The summed E-state index contributed by atoms with van der Waals surface area (Å²) in [7, 11) is 0. The molecule has 2 fully saturated rings. The minimum Gasteiger partial charge on any atom is -0.491 e. The fourth-order valence-corrected chi connectivity index (χ4v) is 3.83. The van der Waals surface area contributed by atoms with Gasteiger partial charge in [-0.2, -0.15) is 4.98 Å². The van der Waals surface area contributed by atoms with E-state index in [0.29, 0.717) is 12.1 Å². The molecular formula is C24H32N4O. The molecule has 0 amide bonds. The minimum absolute atomic E-state index is 0.367. The predicted octanol–water partition coefficient (Wildman–Crippen LogP) is 5.76. The van der Waals surface area contributed by atoms with E-state index in [1.54, 1.807) is 0 Å². The molecule has 2 aromatic heterocycles. The van der Waals surface area contributed by atoms with Crippen molar-refractivity contribution in [3.8, 4) is 0 Å². The van der Waals surface area contributed by atoms with Gasteiger partial charge in [0.05, 0.1) is 6.10 Å². The average Bonchev–Trinajstić information content (AvgIpc) is 3.23. The van der Waals surface area contributed by atoms with Crippen molar-refractivity contribution in [1.29, 1.82) is 0 Å². The van der Waals surface area contributed by atoms with E-state index in [4.69, 9.17) is 9.72 Å². The van der Waals surface area contributed by atoms with E-state index in [0.717, 1.165) is 41.4 Å². The number of nitrogens with one attached hydrogen (secondary N) is 1. The fourth-order valence-electron chi connectivity index (χ4n) is 3.83. The van der Waals surface area contributed by atoms with Crippen LogP contribution in [0, 0.1) is 5.92 Å². The molecule has 2 saturated carbocycles. The van der Waals surface area contributed by atoms with Gasteiger partial charge in [0.25, 0.3) is 0 Å². The molecule has 0 bridgehead atoms. The second kappa shape index (κ2) is 9.29. The van der Waals surface area contributed by atoms with Crippen LogP contribution in [-0.2, 0) is 4.74 Å². The van der Waals surface area contributed by atoms with Crippen LogP contribution in [0.5, 0.6) is 0 Å². The van der Waals surface area contributed by atoms with E-state index in [2.05, 4.69) is 54.6 Å². The molecule has 2 aliphatic carbocycles. The lowest BCUT2D eigenvalue weighted by molar-refractivity contribution is 0.131. The van der Waals surface area contributed by atoms with Crippen molar-refractivity contribution >= 4 is 17.2 Å². The number of allylic oxidation sites excluding steroid dienone is 5. The van der Waals surface area contributed by atoms with Gasteiger partial charge in [-0.25, -0.2) is 4.52 Å². The lowest BCUT2D eigenvalue weighted by atomic mass is 10.1. The van der Waals surface area contributed by atoms with Crippen LogP contribution >= 0.6 is 0 Å². The Bertz CT molecular complexity index is 914. The molecule has 0 atom stereocenters. The van der Waals surface area contributed by atoms with Crippen LogP contribution in [0.2, 0.25) is 0 Å². The molecule has 5 nitrogen and oxygen atoms in total. The van der Waals surface area contributed by atoms with Crippen LogP contribution in [0.4, 0.5) is 5.95 Å². The molecular weight excluding hydrogens is 360 g/mol. The summed E-state index contributed by atoms with van der Waals surface area (Å²) in [5, 5.41) is 7.97. The van der Waals surface area contributed by atoms with Crippen molar-refractivity contribution < 1.29 is 4.74 Å². The van der Waals surface area contributed by atoms with Crippen molar-refractivity contribution in [2.24, 2.45) is 5.92 Å². The molecule has 0 spiro atoms. The van der Waals surface area contributed by atoms with Gasteiger partial charge in [-0.05, 0) is 87.6 Å². The Morgan fingerprint density at radius 1 is 1.24 bits per heavy atom. The first-order chi connectivity index (χ1) is 14.3. The Morgan fingerprint density at radius 3 is 2.79 bits per heavy atom. The Hall–Kier alpha value is -2.56. The Kier molecular flexibility index (Phi) is 6.33. The van der Waals surface area contributed by atoms with Gasteiger partial charge in [-0.1, -0.05) is 19.1 Å². The molecule has 4 rings (SSSR count). The van der Waals surface area contributed by atoms with Crippen molar-refractivity contribution in [1.82, 2.24) is 14.6 Å². The molecule has 0 radical (unpaired) electrons. The highest BCUT2D eigenvalue weighted by molar-refractivity contribution is 5.82. The Labute approximate surface area is 173 Å². The molecule has 0 aromatic carbocycles. The van der Waals surface area contributed by atoms with Crippen molar-refractivity contribution in [2.45, 2.75) is 64.9 Å². The summed E-state index contributed by atoms with van der Waals surface area (Å²) >= 11 is 0. The lowest BCUT2D eigenvalue weighted by Crippen LogP contribution is -2.06. The van der Waals surface area contributed by atoms with Crippen LogP contribution in [0.15, 0.2) is 48.4 Å². The first kappa shape index (κ1) is 19.7. The second-order valence-corrected chi connectivity index (χ2v) is 8.07. The number of aromatic nitrogens is 3. The second-order valence-electron chi connectivity index (χ2n) is 8.07. The number of anilines is 1. The van der Waals surface area contributed by atoms with Crippen molar-refractivity contribution in [2.75, 3.05) is 11.9 Å². The summed E-state index contributed by atoms with van der Waals surface area (Å²) in [5.74, 6) is 2.47. The summed E-state index contributed by atoms with van der Waals surface area (Å²) in [6.45, 7) is 5.18. The monoisotopic (exact) mass is 392 g/mol. The van der Waals surface area contributed by atoms with Crippen LogP contribution in [0.3, 0.4) is 0 Å². The molecule has 1 N–H and O–H groups in total. The minimum atomic E-state index is 0.367. The van der Waals surface area contributed by atoms with E-state index in [1.807, 2.05) is 16.8 Å². The number of fused-ring (bicyclic) bond motifs is 1. The third-order valence-corrected chi connectivity index (χ3v) is 5.67. The van der Waals surface area contributed by atoms with E-state index < -0.39 is 0 Å². The molecule has 0 saturated heterocycles. The molecule has 2 aromatic rings. The van der Waals surface area contributed by atoms with Crippen LogP contribution < -0.4 is 5.32 Å². The maximum atomic E-state index is 6.24. The highest BCUT2D eigenvalue weighted by Crippen LogP contribution is 2.29. The molecule has 0 unspecified atom stereocenters. The highest BCUT2D eigenvalue weighted by Gasteiger charge is 2.21. The number of ether oxygens (including phenoxy) is 1. The zero-order valence-electron chi connectivity index (χ0n) is 17.6. The van der Waals surface area contributed by atoms with E-state index in [1.165, 1.54) is 38.5 Å². The maximum Gasteiger partial charge on any atom is 0.243 e. The van der Waals surface area contributed by atoms with Gasteiger partial charge in [0.2, 0.25) is 5.95 Å². The normalized spacial score (nSPS) is 18.8. The van der Waals surface area contributed by atoms with Gasteiger partial charge in [-0.15, -0.1) is 5.10 Å². The molecule has 29 heavy (non-hydrogen) atoms. The molecule has 0 aliphatic heterocycles. The zero-order valence-corrected chi connectivity index (χ0v) is 17.6. The molecule has 2 aliphatic rings. The smallest absolute Gasteiger partial charge is 0.243 e. The number of pyridine rings is 1. The van der Waals surface area contributed by atoms with Gasteiger partial charge in [0.15, 0.2) is 5.65 Å². The quantitative estimate of drug-likeness (QED) is 0.435. The summed E-state index contributed by atoms with van der Waals surface area (Å²) in [5.41, 5.74) is 3.07. The Balaban J connectivity index is 1.53. The van der Waals surface area contributed by atoms with E-state index >= 15 is 0 Å². The average molecular weight is 393 g/mol. The zero-order chi connectivity index (χ0) is 20.1. The van der Waals surface area contributed by atoms with Gasteiger partial charge in [0, 0.05) is 18.3 Å². The summed E-state index contributed by atoms with van der Waals surface area (Å²) in [6, 6.07) is 4.13. The SMILES string of the molecule is C\C=C(/C=C\C(=C/CC)OC1CCCC1)c1cccn2nc(NCC3CC3)nc12. The summed E-state index contributed by atoms with van der Waals surface area (Å²) < 4.78 is 8.10. The lowest BCUT2D eigenvalue weighted by Gasteiger charge is -2.14. The van der Waals surface area contributed by atoms with Gasteiger partial charge in [0.1, 0.15) is 5.76 Å². The number of rotatable bonds is 9. The van der Waals surface area contributed by atoms with Crippen LogP contribution in [0.25, 0.3) is 11.2 Å². The van der Waals surface area contributed by atoms with Gasteiger partial charge < -0.3 is 10.1 Å². The first-order valence-electron chi connectivity index (χ1n) is 11.1. The summed E-state index contributed by atoms with van der Waals surface area (Å²) in [4.78, 5) is 4.75. The van der Waals surface area contributed by atoms with Crippen molar-refractivity contribution in [3.05, 3.63) is 54.0 Å². The Morgan fingerprint density at radius 2 is 2.07 bits per heavy atom. The van der Waals surface area contributed by atoms with Crippen LogP contribution in [-0.4, -0.2) is 27.2 Å². The van der Waals surface area contributed by atoms with E-state index in [-0.39, 0.29) is 0 Å². The third-order valence-electron chi connectivity index (χ3n) is 5.67. The summed E-state index contributed by atoms with van der Waals surface area (Å²) in [6.07, 6.45) is 19.3. The number of hydrogen-bond donors (Lipinski definition) is 1. The van der Waals surface area contributed by atoms with E-state index in [9.17, 15) is 0 Å². The standard InChI is InChI=1S/C24H32N4O/c1-3-8-20(29-21-9-5-6-10-21)15-14-19(4-2)22-11-7-16-28-23(22)26-24(27-28)25-17-18-12-13-18/h4,7-8,11,14-16,18,21H,3,5-6,9-10,12-13,17H2,1-2H3,(H,25,27)/b15-14-,19-4+,20-8+. The predicted molar refractivity (Wildman–Crippen MR) is 119 cm³/mol. The number of hydrogen-bond acceptors (Lipinski definition) is 4. The number of nitrogens with zero attached hydrogens (tertiary/aromatic N) is 3. The highest BCUT2D eigenvalue weighted by atomic mass is 16.5. The van der Waals surface area contributed by atoms with Gasteiger partial charge in [-0.3, -0.25) is 0 Å². The molecule has 154 valence electrons. The first-order valence-corrected chi connectivity index (χ1v) is 11.1. The molecule has 5 heteroatoms. The topological polar surface area (TPSA) is 51.5 Å². The molecule has 2 heterocycles. The van der Waals surface area contributed by atoms with Crippen molar-refractivity contribution in [3.63, 3.8) is 0 Å². The maximum absolute atomic E-state index is 6.24. The van der Waals surface area contributed by atoms with Gasteiger partial charge >= 0.3 is 0 Å².